The molecule has 3 atom stereocenters. The lowest BCUT2D eigenvalue weighted by atomic mass is 9.97. The van der Waals surface area contributed by atoms with Crippen molar-refractivity contribution in [2.45, 2.75) is 59.8 Å². The minimum atomic E-state index is -3.37. The minimum Gasteiger partial charge on any atom is -0.350 e. The molecule has 35 heavy (non-hydrogen) atoms. The molecule has 0 bridgehead atoms. The molecule has 7 nitrogen and oxygen atoms in total. The second-order valence-corrected chi connectivity index (χ2v) is 12.5. The summed E-state index contributed by atoms with van der Waals surface area (Å²) in [5.41, 5.74) is 5.75. The number of nitrogens with zero attached hydrogens (tertiary/aromatic N) is 2. The van der Waals surface area contributed by atoms with Crippen LogP contribution in [0.5, 0.6) is 0 Å². The maximum absolute atomic E-state index is 13.3. The van der Waals surface area contributed by atoms with Crippen LogP contribution in [-0.4, -0.2) is 60.3 Å². The van der Waals surface area contributed by atoms with Crippen molar-refractivity contribution in [1.29, 1.82) is 0 Å². The molecule has 1 amide bonds. The van der Waals surface area contributed by atoms with Crippen LogP contribution in [-0.2, 0) is 21.2 Å². The number of carbonyl (C=O) groups is 1. The van der Waals surface area contributed by atoms with E-state index in [2.05, 4.69) is 17.0 Å². The van der Waals surface area contributed by atoms with Crippen molar-refractivity contribution in [3.8, 4) is 0 Å². The van der Waals surface area contributed by atoms with Crippen LogP contribution in [0.2, 0.25) is 0 Å². The van der Waals surface area contributed by atoms with E-state index in [4.69, 9.17) is 5.73 Å². The second kappa shape index (κ2) is 14.1. The molecule has 0 aliphatic carbocycles. The van der Waals surface area contributed by atoms with Gasteiger partial charge in [0.1, 0.15) is 10.1 Å². The number of aliphatic imine (C=N–C) groups is 1. The summed E-state index contributed by atoms with van der Waals surface area (Å²) in [4.78, 5) is 17.9. The average molecular weight is 626 g/mol. The normalized spacial score (nSPS) is 16.8. The van der Waals surface area contributed by atoms with Gasteiger partial charge < -0.3 is 11.1 Å². The van der Waals surface area contributed by atoms with Gasteiger partial charge in [0, 0.05) is 35.3 Å². The number of amides is 1. The third kappa shape index (κ3) is 11.3. The van der Waals surface area contributed by atoms with Crippen molar-refractivity contribution in [3.63, 3.8) is 0 Å². The highest BCUT2D eigenvalue weighted by Gasteiger charge is 2.31. The van der Waals surface area contributed by atoms with Crippen LogP contribution in [0.15, 0.2) is 58.6 Å². The van der Waals surface area contributed by atoms with Crippen molar-refractivity contribution >= 4 is 45.1 Å². The Kier molecular flexibility index (Phi) is 12.7. The first-order chi connectivity index (χ1) is 16.2. The largest absolute Gasteiger partial charge is 0.350 e. The Balaban J connectivity index is 2.69. The number of alkyl halides is 3. The molecule has 1 aromatic rings. The summed E-state index contributed by atoms with van der Waals surface area (Å²) >= 11 is 1.10. The fourth-order valence-corrected chi connectivity index (χ4v) is 5.04. The van der Waals surface area contributed by atoms with Crippen LogP contribution in [0.25, 0.3) is 0 Å². The molecule has 11 heteroatoms. The fraction of sp³-hybridized carbons (Fsp3) is 0.500. The van der Waals surface area contributed by atoms with Crippen LogP contribution in [0.4, 0.5) is 8.78 Å². The van der Waals surface area contributed by atoms with E-state index in [9.17, 15) is 22.0 Å². The molecular formula is C24H36F2IN4O3S+. The molecule has 0 aliphatic rings. The average Bonchev–Trinajstić information content (AvgIpc) is 2.79. The number of benzene rings is 1. The number of carbonyl (C=O) groups excluding carboxylic acids is 1. The van der Waals surface area contributed by atoms with Gasteiger partial charge in [0.05, 0.1) is 12.1 Å². The molecule has 196 valence electrons. The first-order valence-corrected chi connectivity index (χ1v) is 13.9. The van der Waals surface area contributed by atoms with Crippen molar-refractivity contribution in [3.05, 3.63) is 54.3 Å². The van der Waals surface area contributed by atoms with E-state index in [1.165, 1.54) is 6.20 Å². The lowest BCUT2D eigenvalue weighted by Gasteiger charge is -2.23. The standard InChI is InChI=1S/C24H35F2IN4O3S/c1-5-31(18-24(25,26)27)16-13-19(2)35(33,34)21-11-9-20(10-12-21)17-30-22(32)23(3,28)14-7-6-8-15-29-4/h6-12,15,19H,4-5,13-14,16-18,28H2,1-3H3,(H,30,32)/p+1/b7-6+,15-8-. The number of rotatable bonds is 15. The monoisotopic (exact) mass is 625 g/mol. The lowest BCUT2D eigenvalue weighted by molar-refractivity contribution is -0.125. The summed E-state index contributed by atoms with van der Waals surface area (Å²) in [6.07, 6.45) is 7.34. The fourth-order valence-electron chi connectivity index (χ4n) is 3.14. The zero-order valence-electron chi connectivity index (χ0n) is 20.4. The first-order valence-electron chi connectivity index (χ1n) is 11.2. The summed E-state index contributed by atoms with van der Waals surface area (Å²) in [6.45, 7) is 8.94. The maximum Gasteiger partial charge on any atom is 0.308 e. The minimum absolute atomic E-state index is 0.216. The van der Waals surface area contributed by atoms with Crippen molar-refractivity contribution in [2.24, 2.45) is 10.7 Å². The molecule has 0 aliphatic heterocycles. The Hall–Kier alpha value is -1.70. The van der Waals surface area contributed by atoms with Gasteiger partial charge in [-0.15, -0.1) is 0 Å². The van der Waals surface area contributed by atoms with Crippen LogP contribution in [0.3, 0.4) is 0 Å². The lowest BCUT2D eigenvalue weighted by Crippen LogP contribution is -2.51. The van der Waals surface area contributed by atoms with Crippen molar-refractivity contribution < 1.29 is 22.0 Å². The Bertz CT molecular complexity index is 991. The van der Waals surface area contributed by atoms with Crippen LogP contribution in [0.1, 0.15) is 39.2 Å². The number of allylic oxidation sites excluding steroid dienone is 2. The molecule has 1 rings (SSSR count). The zero-order valence-corrected chi connectivity index (χ0v) is 23.4. The van der Waals surface area contributed by atoms with Gasteiger partial charge >= 0.3 is 13.8 Å². The number of hydrogen-bond acceptors (Lipinski definition) is 5. The van der Waals surface area contributed by atoms with Crippen molar-refractivity contribution in [2.75, 3.05) is 19.6 Å². The third-order valence-electron chi connectivity index (χ3n) is 5.46. The smallest absolute Gasteiger partial charge is 0.308 e. The SMILES string of the molecule is C=N/C=C\C=C\CC(C)(N)C(=O)NCc1ccc(S(=O)(=[OH+])C(C)CCN(CC)CC(F)(F)I)cc1. The molecule has 0 heterocycles. The predicted octanol–water partition coefficient (Wildman–Crippen LogP) is 4.24. The summed E-state index contributed by atoms with van der Waals surface area (Å²) < 4.78 is 47.4. The summed E-state index contributed by atoms with van der Waals surface area (Å²) in [5.74, 6) is -0.325. The van der Waals surface area contributed by atoms with Crippen LogP contribution >= 0.6 is 22.6 Å². The Labute approximate surface area is 221 Å². The molecule has 3 unspecified atom stereocenters. The highest BCUT2D eigenvalue weighted by molar-refractivity contribution is 14.1. The van der Waals surface area contributed by atoms with Gasteiger partial charge in [-0.1, -0.05) is 31.2 Å². The molecule has 0 saturated carbocycles. The summed E-state index contributed by atoms with van der Waals surface area (Å²) in [7, 11) is -3.37. The van der Waals surface area contributed by atoms with E-state index in [1.54, 1.807) is 68.2 Å². The number of hydrogen-bond donors (Lipinski definition) is 2. The second-order valence-electron chi connectivity index (χ2n) is 8.55. The van der Waals surface area contributed by atoms with E-state index in [0.717, 1.165) is 28.2 Å². The van der Waals surface area contributed by atoms with Gasteiger partial charge in [0.2, 0.25) is 5.91 Å². The van der Waals surface area contributed by atoms with E-state index in [-0.39, 0.29) is 17.3 Å². The quantitative estimate of drug-likeness (QED) is 0.1000. The number of halogens is 3. The summed E-state index contributed by atoms with van der Waals surface area (Å²) in [6, 6.07) is 6.46. The summed E-state index contributed by atoms with van der Waals surface area (Å²) in [5, 5.41) is 2.17. The molecular weight excluding hydrogens is 589 g/mol. The topological polar surface area (TPSA) is 109 Å². The van der Waals surface area contributed by atoms with E-state index >= 15 is 0 Å². The van der Waals surface area contributed by atoms with Gasteiger partial charge in [-0.25, -0.2) is 4.21 Å². The van der Waals surface area contributed by atoms with Crippen LogP contribution in [0, 0.1) is 0 Å². The molecule has 0 spiro atoms. The number of nitrogens with two attached hydrogens (primary N) is 1. The van der Waals surface area contributed by atoms with E-state index < -0.39 is 31.1 Å². The Morgan fingerprint density at radius 1 is 1.37 bits per heavy atom. The molecule has 0 fully saturated rings. The molecule has 0 aromatic heterocycles. The molecule has 0 saturated heterocycles. The maximum atomic E-state index is 13.3. The predicted molar refractivity (Wildman–Crippen MR) is 147 cm³/mol. The van der Waals surface area contributed by atoms with Gasteiger partial charge in [0.25, 0.3) is 0 Å². The van der Waals surface area contributed by atoms with E-state index in [1.807, 2.05) is 0 Å². The third-order valence-corrected chi connectivity index (χ3v) is 8.08. The van der Waals surface area contributed by atoms with Crippen molar-refractivity contribution in [1.82, 2.24) is 10.2 Å². The Morgan fingerprint density at radius 3 is 2.54 bits per heavy atom. The highest BCUT2D eigenvalue weighted by Crippen LogP contribution is 2.24. The molecule has 0 radical (unpaired) electrons. The van der Waals surface area contributed by atoms with Gasteiger partial charge in [-0.2, -0.15) is 13.0 Å². The molecule has 1 aromatic carbocycles. The first kappa shape index (κ1) is 31.3. The van der Waals surface area contributed by atoms with Crippen LogP contribution < -0.4 is 11.1 Å². The highest BCUT2D eigenvalue weighted by atomic mass is 127. The van der Waals surface area contributed by atoms with Gasteiger partial charge in [-0.05, 0) is 70.3 Å². The van der Waals surface area contributed by atoms with Gasteiger partial charge in [-0.3, -0.25) is 14.7 Å². The molecule has 4 N–H and O–H groups in total. The van der Waals surface area contributed by atoms with Gasteiger partial charge in [0.15, 0.2) is 0 Å². The zero-order chi connectivity index (χ0) is 26.7. The Morgan fingerprint density at radius 2 is 2.00 bits per heavy atom. The number of nitrogens with one attached hydrogen (secondary N) is 1. The van der Waals surface area contributed by atoms with E-state index in [0.29, 0.717) is 25.9 Å².